The Labute approximate surface area is 195 Å². The highest BCUT2D eigenvalue weighted by Gasteiger charge is 2.31. The van der Waals surface area contributed by atoms with E-state index >= 15 is 0 Å². The maximum Gasteiger partial charge on any atom is 0.416 e. The number of rotatable bonds is 5. The van der Waals surface area contributed by atoms with Crippen LogP contribution in [0, 0.1) is 18.8 Å². The molecule has 0 fully saturated rings. The van der Waals surface area contributed by atoms with Crippen LogP contribution in [0.2, 0.25) is 0 Å². The Morgan fingerprint density at radius 3 is 2.42 bits per heavy atom. The van der Waals surface area contributed by atoms with E-state index in [4.69, 9.17) is 4.28 Å². The van der Waals surface area contributed by atoms with Gasteiger partial charge < -0.3 is 0 Å². The molecule has 3 rings (SSSR count). The van der Waals surface area contributed by atoms with Crippen molar-refractivity contribution in [2.75, 3.05) is 0 Å². The molecule has 0 amide bonds. The number of hydrogen-bond acceptors (Lipinski definition) is 5. The van der Waals surface area contributed by atoms with Crippen LogP contribution in [-0.4, -0.2) is 13.5 Å². The highest BCUT2D eigenvalue weighted by Crippen LogP contribution is 2.35. The average molecular weight is 492 g/mol. The predicted molar refractivity (Wildman–Crippen MR) is 125 cm³/mol. The summed E-state index contributed by atoms with van der Waals surface area (Å²) in [5.41, 5.74) is 1.86. The molecule has 0 unspecified atom stereocenters. The summed E-state index contributed by atoms with van der Waals surface area (Å²) in [6.07, 6.45) is 0.482. The van der Waals surface area contributed by atoms with E-state index in [0.29, 0.717) is 12.1 Å². The molecule has 0 aliphatic carbocycles. The van der Waals surface area contributed by atoms with Crippen molar-refractivity contribution in [1.29, 1.82) is 0 Å². The second-order valence-corrected chi connectivity index (χ2v) is 9.61. The SMILES string of the molecule is CCCC#C/C(=C1/C=CC(=NOS(=O)(=O)c2ccc(C(F)(F)F)cc2)S1)c1ccccc1C. The fourth-order valence-corrected chi connectivity index (χ4v) is 4.46. The van der Waals surface area contributed by atoms with Crippen molar-refractivity contribution >= 4 is 32.5 Å². The number of unbranched alkanes of at least 4 members (excludes halogenated alkanes) is 1. The van der Waals surface area contributed by atoms with E-state index in [2.05, 4.69) is 17.0 Å². The van der Waals surface area contributed by atoms with Gasteiger partial charge in [0.2, 0.25) is 0 Å². The Bertz CT molecular complexity index is 1280. The Balaban J connectivity index is 1.83. The predicted octanol–water partition coefficient (Wildman–Crippen LogP) is 6.55. The van der Waals surface area contributed by atoms with E-state index in [9.17, 15) is 21.6 Å². The maximum atomic E-state index is 12.7. The summed E-state index contributed by atoms with van der Waals surface area (Å²) in [5, 5.41) is 3.97. The number of alkyl halides is 3. The van der Waals surface area contributed by atoms with Crippen molar-refractivity contribution in [2.45, 2.75) is 37.8 Å². The van der Waals surface area contributed by atoms with E-state index < -0.39 is 26.8 Å². The van der Waals surface area contributed by atoms with Gasteiger partial charge in [-0.3, -0.25) is 4.28 Å². The van der Waals surface area contributed by atoms with Crippen LogP contribution in [0.15, 0.2) is 75.6 Å². The van der Waals surface area contributed by atoms with Crippen molar-refractivity contribution in [3.8, 4) is 11.8 Å². The summed E-state index contributed by atoms with van der Waals surface area (Å²) in [6.45, 7) is 4.02. The van der Waals surface area contributed by atoms with E-state index in [0.717, 1.165) is 46.6 Å². The molecule has 0 radical (unpaired) electrons. The summed E-state index contributed by atoms with van der Waals surface area (Å²) in [7, 11) is -4.37. The Hall–Kier alpha value is -2.96. The number of benzene rings is 2. The van der Waals surface area contributed by atoms with Gasteiger partial charge in [0.15, 0.2) is 0 Å². The molecule has 0 atom stereocenters. The van der Waals surface area contributed by atoms with Gasteiger partial charge in [0.25, 0.3) is 0 Å². The molecule has 172 valence electrons. The molecule has 0 saturated carbocycles. The van der Waals surface area contributed by atoms with Crippen molar-refractivity contribution in [3.63, 3.8) is 0 Å². The highest BCUT2D eigenvalue weighted by molar-refractivity contribution is 8.18. The van der Waals surface area contributed by atoms with Crippen molar-refractivity contribution in [3.05, 3.63) is 82.3 Å². The molecule has 0 bridgehead atoms. The second-order valence-electron chi connectivity index (χ2n) is 7.02. The standard InChI is InChI=1S/C24H20F3NO3S2/c1-3-4-5-10-21(20-9-7-6-8-17(20)2)22-15-16-23(32-22)28-31-33(29,30)19-13-11-18(12-14-19)24(25,26)27/h6-9,11-16H,3-4H2,1-2H3/b22-21+,28-23?. The third kappa shape index (κ3) is 6.30. The number of nitrogens with zero attached hydrogens (tertiary/aromatic N) is 1. The molecule has 0 saturated heterocycles. The molecule has 33 heavy (non-hydrogen) atoms. The van der Waals surface area contributed by atoms with Crippen LogP contribution < -0.4 is 0 Å². The summed E-state index contributed by atoms with van der Waals surface area (Å²) >= 11 is 1.20. The van der Waals surface area contributed by atoms with Crippen LogP contribution in [0.25, 0.3) is 5.57 Å². The van der Waals surface area contributed by atoms with Gasteiger partial charge in [-0.25, -0.2) is 0 Å². The van der Waals surface area contributed by atoms with Crippen LogP contribution in [0.3, 0.4) is 0 Å². The topological polar surface area (TPSA) is 55.7 Å². The molecule has 0 spiro atoms. The van der Waals surface area contributed by atoms with Gasteiger partial charge in [-0.1, -0.05) is 59.9 Å². The molecule has 0 N–H and O–H groups in total. The van der Waals surface area contributed by atoms with Crippen LogP contribution in [0.5, 0.6) is 0 Å². The molecule has 1 aliphatic heterocycles. The molecule has 2 aromatic rings. The first kappa shape index (κ1) is 24.7. The average Bonchev–Trinajstić information content (AvgIpc) is 3.25. The first-order valence-electron chi connectivity index (χ1n) is 9.96. The van der Waals surface area contributed by atoms with Gasteiger partial charge in [0, 0.05) is 16.9 Å². The zero-order chi connectivity index (χ0) is 24.1. The minimum atomic E-state index is -4.56. The normalized spacial score (nSPS) is 16.5. The van der Waals surface area contributed by atoms with Gasteiger partial charge in [0.05, 0.1) is 5.56 Å². The van der Waals surface area contributed by atoms with Gasteiger partial charge in [-0.05, 0) is 60.9 Å². The van der Waals surface area contributed by atoms with Crippen LogP contribution in [-0.2, 0) is 20.6 Å². The monoisotopic (exact) mass is 491 g/mol. The zero-order valence-corrected chi connectivity index (χ0v) is 19.4. The van der Waals surface area contributed by atoms with E-state index in [-0.39, 0.29) is 5.04 Å². The Morgan fingerprint density at radius 1 is 1.09 bits per heavy atom. The fraction of sp³-hybridized carbons (Fsp3) is 0.208. The van der Waals surface area contributed by atoms with Gasteiger partial charge in [0.1, 0.15) is 9.94 Å². The number of oxime groups is 1. The molecule has 0 aromatic heterocycles. The minimum absolute atomic E-state index is 0.281. The van der Waals surface area contributed by atoms with Crippen molar-refractivity contribution in [1.82, 2.24) is 0 Å². The summed E-state index contributed by atoms with van der Waals surface area (Å²) < 4.78 is 67.5. The van der Waals surface area contributed by atoms with E-state index in [1.165, 1.54) is 11.8 Å². The smallest absolute Gasteiger partial charge is 0.264 e. The number of allylic oxidation sites excluding steroid dienone is 2. The number of aryl methyl sites for hydroxylation is 1. The lowest BCUT2D eigenvalue weighted by molar-refractivity contribution is -0.137. The third-order valence-electron chi connectivity index (χ3n) is 4.54. The Morgan fingerprint density at radius 2 is 1.79 bits per heavy atom. The largest absolute Gasteiger partial charge is 0.416 e. The van der Waals surface area contributed by atoms with Crippen LogP contribution in [0.4, 0.5) is 13.2 Å². The second kappa shape index (κ2) is 10.3. The Kier molecular flexibility index (Phi) is 7.72. The summed E-state index contributed by atoms with van der Waals surface area (Å²) in [6, 6.07) is 10.8. The quantitative estimate of drug-likeness (QED) is 0.352. The molecular formula is C24H20F3NO3S2. The van der Waals surface area contributed by atoms with Crippen molar-refractivity contribution < 1.29 is 25.9 Å². The summed E-state index contributed by atoms with van der Waals surface area (Å²) in [5.74, 6) is 6.35. The molecule has 1 heterocycles. The minimum Gasteiger partial charge on any atom is -0.264 e. The lowest BCUT2D eigenvalue weighted by Crippen LogP contribution is -2.07. The number of hydrogen-bond donors (Lipinski definition) is 0. The molecule has 9 heteroatoms. The molecule has 2 aromatic carbocycles. The van der Waals surface area contributed by atoms with E-state index in [1.807, 2.05) is 38.1 Å². The van der Waals surface area contributed by atoms with Gasteiger partial charge in [-0.15, -0.1) is 0 Å². The fourth-order valence-electron chi connectivity index (χ4n) is 2.84. The first-order valence-corrected chi connectivity index (χ1v) is 12.2. The first-order chi connectivity index (χ1) is 15.6. The van der Waals surface area contributed by atoms with Crippen LogP contribution in [0.1, 0.15) is 36.5 Å². The van der Waals surface area contributed by atoms with Crippen molar-refractivity contribution in [2.24, 2.45) is 5.16 Å². The molecule has 1 aliphatic rings. The number of thioether (sulfide) groups is 1. The molecule has 4 nitrogen and oxygen atoms in total. The van der Waals surface area contributed by atoms with Gasteiger partial charge in [-0.2, -0.15) is 21.6 Å². The van der Waals surface area contributed by atoms with E-state index in [1.54, 1.807) is 12.2 Å². The maximum absolute atomic E-state index is 12.7. The molecular weight excluding hydrogens is 471 g/mol. The zero-order valence-electron chi connectivity index (χ0n) is 17.8. The number of halogens is 3. The lowest BCUT2D eigenvalue weighted by atomic mass is 10.00. The van der Waals surface area contributed by atoms with Crippen LogP contribution >= 0.6 is 11.8 Å². The van der Waals surface area contributed by atoms with Gasteiger partial charge >= 0.3 is 16.3 Å². The summed E-state index contributed by atoms with van der Waals surface area (Å²) in [4.78, 5) is 0.371. The lowest BCUT2D eigenvalue weighted by Gasteiger charge is -2.08. The third-order valence-corrected chi connectivity index (χ3v) is 6.64. The highest BCUT2D eigenvalue weighted by atomic mass is 32.2.